The maximum absolute atomic E-state index is 12.1. The van der Waals surface area contributed by atoms with Gasteiger partial charge in [0.1, 0.15) is 5.69 Å². The number of thiazole rings is 1. The number of amides is 1. The minimum atomic E-state index is -0.321. The third-order valence-electron chi connectivity index (χ3n) is 3.01. The molecule has 0 fully saturated rings. The maximum atomic E-state index is 12.1. The summed E-state index contributed by atoms with van der Waals surface area (Å²) in [6.07, 6.45) is 0.115. The van der Waals surface area contributed by atoms with Crippen molar-refractivity contribution in [2.24, 2.45) is 7.05 Å². The molecule has 0 unspecified atom stereocenters. The van der Waals surface area contributed by atoms with E-state index in [9.17, 15) is 9.59 Å². The lowest BCUT2D eigenvalue weighted by Gasteiger charge is -2.04. The van der Waals surface area contributed by atoms with Crippen molar-refractivity contribution in [2.45, 2.75) is 20.3 Å². The van der Waals surface area contributed by atoms with Gasteiger partial charge in [0, 0.05) is 18.1 Å². The first-order valence-corrected chi connectivity index (χ1v) is 7.43. The average molecular weight is 307 g/mol. The number of carbonyl (C=O) groups excluding carboxylic acids is 2. The zero-order valence-corrected chi connectivity index (χ0v) is 13.0. The van der Waals surface area contributed by atoms with Crippen LogP contribution in [-0.2, 0) is 23.0 Å². The van der Waals surface area contributed by atoms with Gasteiger partial charge in [0.2, 0.25) is 0 Å². The SMILES string of the molecule is CCOC(=O)Cc1csc(NC(=O)c2ccc(C)n2C)n1. The van der Waals surface area contributed by atoms with Gasteiger partial charge >= 0.3 is 5.97 Å². The van der Waals surface area contributed by atoms with Gasteiger partial charge in [-0.15, -0.1) is 11.3 Å². The third kappa shape index (κ3) is 3.69. The van der Waals surface area contributed by atoms with Crippen LogP contribution in [0.25, 0.3) is 0 Å². The maximum Gasteiger partial charge on any atom is 0.311 e. The highest BCUT2D eigenvalue weighted by atomic mass is 32.1. The normalized spacial score (nSPS) is 10.4. The van der Waals surface area contributed by atoms with E-state index in [4.69, 9.17) is 4.74 Å². The van der Waals surface area contributed by atoms with Gasteiger partial charge in [-0.05, 0) is 26.0 Å². The summed E-state index contributed by atoms with van der Waals surface area (Å²) in [5, 5.41) is 4.94. The molecule has 1 amide bonds. The number of nitrogens with zero attached hydrogens (tertiary/aromatic N) is 2. The van der Waals surface area contributed by atoms with Crippen molar-refractivity contribution >= 4 is 28.3 Å². The molecule has 0 aliphatic heterocycles. The Balaban J connectivity index is 2.01. The summed E-state index contributed by atoms with van der Waals surface area (Å²) in [4.78, 5) is 27.7. The first kappa shape index (κ1) is 15.2. The van der Waals surface area contributed by atoms with Gasteiger partial charge in [-0.3, -0.25) is 14.9 Å². The predicted molar refractivity (Wildman–Crippen MR) is 80.6 cm³/mol. The lowest BCUT2D eigenvalue weighted by molar-refractivity contribution is -0.142. The molecule has 112 valence electrons. The number of aryl methyl sites for hydroxylation is 1. The smallest absolute Gasteiger partial charge is 0.311 e. The molecule has 2 rings (SSSR count). The summed E-state index contributed by atoms with van der Waals surface area (Å²) in [5.41, 5.74) is 2.16. The van der Waals surface area contributed by atoms with Crippen LogP contribution in [-0.4, -0.2) is 28.0 Å². The fourth-order valence-corrected chi connectivity index (χ4v) is 2.51. The molecule has 0 saturated carbocycles. The van der Waals surface area contributed by atoms with Crippen LogP contribution in [0.4, 0.5) is 5.13 Å². The van der Waals surface area contributed by atoms with Gasteiger partial charge in [-0.25, -0.2) is 4.98 Å². The second kappa shape index (κ2) is 6.53. The summed E-state index contributed by atoms with van der Waals surface area (Å²) >= 11 is 1.29. The lowest BCUT2D eigenvalue weighted by Crippen LogP contribution is -2.16. The predicted octanol–water partition coefficient (Wildman–Crippen LogP) is 2.15. The van der Waals surface area contributed by atoms with E-state index in [0.29, 0.717) is 23.1 Å². The molecule has 21 heavy (non-hydrogen) atoms. The van der Waals surface area contributed by atoms with Crippen LogP contribution in [0.2, 0.25) is 0 Å². The van der Waals surface area contributed by atoms with Crippen LogP contribution in [0.15, 0.2) is 17.5 Å². The first-order valence-electron chi connectivity index (χ1n) is 6.55. The van der Waals surface area contributed by atoms with Crippen LogP contribution in [0.1, 0.15) is 28.8 Å². The Morgan fingerprint density at radius 1 is 1.43 bits per heavy atom. The fraction of sp³-hybridized carbons (Fsp3) is 0.357. The number of anilines is 1. The van der Waals surface area contributed by atoms with Gasteiger partial charge < -0.3 is 9.30 Å². The first-order chi connectivity index (χ1) is 10.0. The highest BCUT2D eigenvalue weighted by Crippen LogP contribution is 2.17. The Hall–Kier alpha value is -2.15. The zero-order chi connectivity index (χ0) is 15.4. The second-order valence-electron chi connectivity index (χ2n) is 4.50. The van der Waals surface area contributed by atoms with E-state index >= 15 is 0 Å². The molecule has 0 radical (unpaired) electrons. The van der Waals surface area contributed by atoms with Gasteiger partial charge in [-0.1, -0.05) is 0 Å². The van der Waals surface area contributed by atoms with Gasteiger partial charge in [0.05, 0.1) is 18.7 Å². The summed E-state index contributed by atoms with van der Waals surface area (Å²) < 4.78 is 6.67. The standard InChI is InChI=1S/C14H17N3O3S/c1-4-20-12(18)7-10-8-21-14(15-10)16-13(19)11-6-5-9(2)17(11)3/h5-6,8H,4,7H2,1-3H3,(H,15,16,19). The van der Waals surface area contributed by atoms with Crippen molar-refractivity contribution in [3.05, 3.63) is 34.6 Å². The zero-order valence-electron chi connectivity index (χ0n) is 12.2. The largest absolute Gasteiger partial charge is 0.466 e. The molecular formula is C14H17N3O3S. The topological polar surface area (TPSA) is 73.2 Å². The number of carbonyl (C=O) groups is 2. The number of aromatic nitrogens is 2. The molecule has 2 aromatic rings. The number of esters is 1. The number of nitrogens with one attached hydrogen (secondary N) is 1. The van der Waals surface area contributed by atoms with E-state index in [2.05, 4.69) is 10.3 Å². The molecule has 6 nitrogen and oxygen atoms in total. The quantitative estimate of drug-likeness (QED) is 0.859. The van der Waals surface area contributed by atoms with E-state index in [-0.39, 0.29) is 18.3 Å². The molecular weight excluding hydrogens is 290 g/mol. The Bertz CT molecular complexity index is 660. The van der Waals surface area contributed by atoms with Crippen molar-refractivity contribution in [3.63, 3.8) is 0 Å². The van der Waals surface area contributed by atoms with E-state index in [1.807, 2.05) is 24.6 Å². The highest BCUT2D eigenvalue weighted by molar-refractivity contribution is 7.14. The summed E-state index contributed by atoms with van der Waals surface area (Å²) in [5.74, 6) is -0.540. The molecule has 0 aliphatic carbocycles. The van der Waals surface area contributed by atoms with Crippen LogP contribution in [0.3, 0.4) is 0 Å². The van der Waals surface area contributed by atoms with Gasteiger partial charge in [0.15, 0.2) is 5.13 Å². The molecule has 0 atom stereocenters. The summed E-state index contributed by atoms with van der Waals surface area (Å²) in [6, 6.07) is 3.64. The van der Waals surface area contributed by atoms with E-state index in [1.54, 1.807) is 18.4 Å². The summed E-state index contributed by atoms with van der Waals surface area (Å²) in [6.45, 7) is 4.03. The number of hydrogen-bond acceptors (Lipinski definition) is 5. The van der Waals surface area contributed by atoms with Gasteiger partial charge in [-0.2, -0.15) is 0 Å². The molecule has 0 aliphatic rings. The van der Waals surface area contributed by atoms with E-state index < -0.39 is 0 Å². The van der Waals surface area contributed by atoms with Crippen LogP contribution >= 0.6 is 11.3 Å². The average Bonchev–Trinajstić information content (AvgIpc) is 2.98. The molecule has 2 heterocycles. The Kier molecular flexibility index (Phi) is 4.74. The van der Waals surface area contributed by atoms with Crippen molar-refractivity contribution in [1.29, 1.82) is 0 Å². The van der Waals surface area contributed by atoms with Crippen molar-refractivity contribution in [1.82, 2.24) is 9.55 Å². The number of hydrogen-bond donors (Lipinski definition) is 1. The molecule has 0 aromatic carbocycles. The Labute approximate surface area is 126 Å². The van der Waals surface area contributed by atoms with Crippen molar-refractivity contribution in [2.75, 3.05) is 11.9 Å². The molecule has 0 saturated heterocycles. The van der Waals surface area contributed by atoms with E-state index in [1.165, 1.54) is 11.3 Å². The minimum Gasteiger partial charge on any atom is -0.466 e. The fourth-order valence-electron chi connectivity index (χ4n) is 1.81. The highest BCUT2D eigenvalue weighted by Gasteiger charge is 2.14. The van der Waals surface area contributed by atoms with Crippen LogP contribution in [0, 0.1) is 6.92 Å². The van der Waals surface area contributed by atoms with Crippen molar-refractivity contribution < 1.29 is 14.3 Å². The molecule has 0 bridgehead atoms. The summed E-state index contributed by atoms with van der Waals surface area (Å²) in [7, 11) is 1.83. The molecule has 2 aromatic heterocycles. The van der Waals surface area contributed by atoms with E-state index in [0.717, 1.165) is 5.69 Å². The van der Waals surface area contributed by atoms with Crippen molar-refractivity contribution in [3.8, 4) is 0 Å². The molecule has 7 heteroatoms. The monoisotopic (exact) mass is 307 g/mol. The molecule has 0 spiro atoms. The minimum absolute atomic E-state index is 0.115. The third-order valence-corrected chi connectivity index (χ3v) is 3.81. The number of rotatable bonds is 5. The Morgan fingerprint density at radius 2 is 2.19 bits per heavy atom. The lowest BCUT2D eigenvalue weighted by atomic mass is 10.3. The van der Waals surface area contributed by atoms with Crippen LogP contribution in [0.5, 0.6) is 0 Å². The van der Waals surface area contributed by atoms with Crippen LogP contribution < -0.4 is 5.32 Å². The Morgan fingerprint density at radius 3 is 2.81 bits per heavy atom. The van der Waals surface area contributed by atoms with Gasteiger partial charge in [0.25, 0.3) is 5.91 Å². The molecule has 1 N–H and O–H groups in total. The second-order valence-corrected chi connectivity index (χ2v) is 5.36. The number of ether oxygens (including phenoxy) is 1.